The molecule has 0 bridgehead atoms. The maximum atomic E-state index is 6.77. The van der Waals surface area contributed by atoms with Gasteiger partial charge in [0.2, 0.25) is 0 Å². The van der Waals surface area contributed by atoms with Gasteiger partial charge in [-0.05, 0) is 125 Å². The summed E-state index contributed by atoms with van der Waals surface area (Å²) in [5.74, 6) is 0. The van der Waals surface area contributed by atoms with Crippen molar-refractivity contribution in [1.82, 2.24) is 0 Å². The molecule has 0 atom stereocenters. The van der Waals surface area contributed by atoms with E-state index >= 15 is 0 Å². The second-order valence-electron chi connectivity index (χ2n) is 15.3. The van der Waals surface area contributed by atoms with Crippen LogP contribution in [0.5, 0.6) is 0 Å². The van der Waals surface area contributed by atoms with Crippen LogP contribution in [0, 0.1) is 0 Å². The third-order valence-corrected chi connectivity index (χ3v) is 12.0. The first kappa shape index (κ1) is 32.6. The second-order valence-corrected chi connectivity index (χ2v) is 15.3. The Morgan fingerprint density at radius 1 is 0.276 bits per heavy atom. The van der Waals surface area contributed by atoms with Crippen molar-refractivity contribution < 1.29 is 4.42 Å². The predicted molar refractivity (Wildman–Crippen MR) is 247 cm³/mol. The van der Waals surface area contributed by atoms with Crippen LogP contribution in [0.25, 0.3) is 98.1 Å². The molecular weight excluding hydrogens is 703 g/mol. The minimum absolute atomic E-state index is 0.865. The van der Waals surface area contributed by atoms with Gasteiger partial charge in [-0.25, -0.2) is 0 Å². The normalized spacial score (nSPS) is 11.8. The van der Waals surface area contributed by atoms with E-state index in [4.69, 9.17) is 4.42 Å². The van der Waals surface area contributed by atoms with Crippen molar-refractivity contribution >= 4 is 92.9 Å². The van der Waals surface area contributed by atoms with Crippen LogP contribution in [-0.4, -0.2) is 0 Å². The Hall–Kier alpha value is -7.68. The molecular formula is C56H35NO. The van der Waals surface area contributed by atoms with Gasteiger partial charge in [-0.15, -0.1) is 0 Å². The highest BCUT2D eigenvalue weighted by Gasteiger charge is 2.19. The molecule has 1 aromatic heterocycles. The van der Waals surface area contributed by atoms with E-state index in [-0.39, 0.29) is 0 Å². The SMILES string of the molecule is c1ccc(-c2cc(N(c3ccc4ccc(-c5cc6ccccc6c6ccccc56)cc4c3)c3ccc4c(c3)oc3c5ccccc5ccc43)cc3ccccc23)cc1. The van der Waals surface area contributed by atoms with Crippen LogP contribution in [0.2, 0.25) is 0 Å². The predicted octanol–water partition coefficient (Wildman–Crippen LogP) is 16.2. The average molecular weight is 738 g/mol. The highest BCUT2D eigenvalue weighted by molar-refractivity contribution is 6.16. The van der Waals surface area contributed by atoms with Gasteiger partial charge < -0.3 is 9.32 Å². The monoisotopic (exact) mass is 737 g/mol. The van der Waals surface area contributed by atoms with Gasteiger partial charge in [0.25, 0.3) is 0 Å². The molecule has 0 aliphatic rings. The lowest BCUT2D eigenvalue weighted by atomic mass is 9.92. The van der Waals surface area contributed by atoms with Crippen LogP contribution < -0.4 is 4.90 Å². The second kappa shape index (κ2) is 12.9. The van der Waals surface area contributed by atoms with E-state index in [1.807, 2.05) is 0 Å². The van der Waals surface area contributed by atoms with Crippen molar-refractivity contribution in [3.05, 3.63) is 212 Å². The molecule has 0 fully saturated rings. The Balaban J connectivity index is 1.09. The highest BCUT2D eigenvalue weighted by Crippen LogP contribution is 2.44. The molecule has 2 heteroatoms. The van der Waals surface area contributed by atoms with E-state index in [2.05, 4.69) is 217 Å². The summed E-state index contributed by atoms with van der Waals surface area (Å²) >= 11 is 0. The molecule has 0 unspecified atom stereocenters. The molecule has 58 heavy (non-hydrogen) atoms. The molecule has 0 aliphatic carbocycles. The lowest BCUT2D eigenvalue weighted by molar-refractivity contribution is 0.672. The summed E-state index contributed by atoms with van der Waals surface area (Å²) in [5, 5.41) is 14.4. The van der Waals surface area contributed by atoms with E-state index in [0.717, 1.165) is 44.4 Å². The molecule has 12 rings (SSSR count). The number of anilines is 3. The van der Waals surface area contributed by atoms with Gasteiger partial charge in [-0.2, -0.15) is 0 Å². The zero-order valence-corrected chi connectivity index (χ0v) is 31.6. The number of fused-ring (bicyclic) bond motifs is 10. The zero-order valence-electron chi connectivity index (χ0n) is 31.6. The average Bonchev–Trinajstić information content (AvgIpc) is 3.67. The fraction of sp³-hybridized carbons (Fsp3) is 0. The third-order valence-electron chi connectivity index (χ3n) is 12.0. The molecule has 0 saturated heterocycles. The van der Waals surface area contributed by atoms with E-state index in [0.29, 0.717) is 0 Å². The summed E-state index contributed by atoms with van der Waals surface area (Å²) in [7, 11) is 0. The van der Waals surface area contributed by atoms with Gasteiger partial charge in [0, 0.05) is 39.3 Å². The summed E-state index contributed by atoms with van der Waals surface area (Å²) in [5.41, 5.74) is 9.79. The molecule has 0 aliphatic heterocycles. The summed E-state index contributed by atoms with van der Waals surface area (Å²) < 4.78 is 6.77. The van der Waals surface area contributed by atoms with E-state index in [9.17, 15) is 0 Å². The number of hydrogen-bond acceptors (Lipinski definition) is 2. The fourth-order valence-corrected chi connectivity index (χ4v) is 9.19. The lowest BCUT2D eigenvalue weighted by Gasteiger charge is -2.27. The Morgan fingerprint density at radius 2 is 0.862 bits per heavy atom. The number of benzene rings is 11. The number of rotatable bonds is 5. The quantitative estimate of drug-likeness (QED) is 0.164. The first-order valence-electron chi connectivity index (χ1n) is 19.9. The van der Waals surface area contributed by atoms with E-state index < -0.39 is 0 Å². The third kappa shape index (κ3) is 5.19. The Labute approximate surface area is 335 Å². The van der Waals surface area contributed by atoms with Gasteiger partial charge >= 0.3 is 0 Å². The largest absolute Gasteiger partial charge is 0.455 e. The van der Waals surface area contributed by atoms with Crippen LogP contribution >= 0.6 is 0 Å². The molecule has 12 aromatic rings. The summed E-state index contributed by atoms with van der Waals surface area (Å²) in [4.78, 5) is 2.39. The molecule has 0 N–H and O–H groups in total. The number of furan rings is 1. The van der Waals surface area contributed by atoms with E-state index in [1.165, 1.54) is 70.7 Å². The molecule has 11 aromatic carbocycles. The zero-order chi connectivity index (χ0) is 38.2. The standard InChI is InChI=1S/C56H35NO/c1-2-12-37(13-3-1)54-34-45(31-39-15-5-8-18-47(39)54)57(44-27-29-51-52-28-25-38-14-4-9-19-48(38)56(52)58-55(51)35-44)43-26-24-36-22-23-41(30-42(36)32-43)53-33-40-16-6-7-17-46(40)49-20-10-11-21-50(49)53/h1-35H. The topological polar surface area (TPSA) is 16.4 Å². The molecule has 0 spiro atoms. The van der Waals surface area contributed by atoms with Gasteiger partial charge in [0.05, 0.1) is 0 Å². The van der Waals surface area contributed by atoms with Crippen molar-refractivity contribution in [3.63, 3.8) is 0 Å². The van der Waals surface area contributed by atoms with Gasteiger partial charge in [0.1, 0.15) is 11.2 Å². The van der Waals surface area contributed by atoms with Crippen molar-refractivity contribution in [2.75, 3.05) is 4.90 Å². The Morgan fingerprint density at radius 3 is 1.71 bits per heavy atom. The minimum Gasteiger partial charge on any atom is -0.455 e. The maximum Gasteiger partial charge on any atom is 0.143 e. The molecule has 0 radical (unpaired) electrons. The van der Waals surface area contributed by atoms with Crippen LogP contribution in [0.3, 0.4) is 0 Å². The minimum atomic E-state index is 0.865. The van der Waals surface area contributed by atoms with E-state index in [1.54, 1.807) is 0 Å². The molecule has 270 valence electrons. The first-order valence-corrected chi connectivity index (χ1v) is 19.9. The van der Waals surface area contributed by atoms with Gasteiger partial charge in [-0.1, -0.05) is 152 Å². The number of nitrogens with zero attached hydrogens (tertiary/aromatic N) is 1. The van der Waals surface area contributed by atoms with Crippen LogP contribution in [0.4, 0.5) is 17.1 Å². The fourth-order valence-electron chi connectivity index (χ4n) is 9.19. The van der Waals surface area contributed by atoms with Crippen LogP contribution in [-0.2, 0) is 0 Å². The summed E-state index contributed by atoms with van der Waals surface area (Å²) in [6.45, 7) is 0. The van der Waals surface area contributed by atoms with Crippen LogP contribution in [0.1, 0.15) is 0 Å². The molecule has 2 nitrogen and oxygen atoms in total. The molecule has 1 heterocycles. The van der Waals surface area contributed by atoms with Gasteiger partial charge in [-0.3, -0.25) is 0 Å². The lowest BCUT2D eigenvalue weighted by Crippen LogP contribution is -2.10. The van der Waals surface area contributed by atoms with Crippen molar-refractivity contribution in [3.8, 4) is 22.3 Å². The Kier molecular flexibility index (Phi) is 7.26. The maximum absolute atomic E-state index is 6.77. The molecule has 0 amide bonds. The first-order chi connectivity index (χ1) is 28.7. The van der Waals surface area contributed by atoms with Crippen molar-refractivity contribution in [2.45, 2.75) is 0 Å². The van der Waals surface area contributed by atoms with Crippen molar-refractivity contribution in [1.29, 1.82) is 0 Å². The van der Waals surface area contributed by atoms with Crippen LogP contribution in [0.15, 0.2) is 217 Å². The van der Waals surface area contributed by atoms with Crippen molar-refractivity contribution in [2.24, 2.45) is 0 Å². The highest BCUT2D eigenvalue weighted by atomic mass is 16.3. The summed E-state index contributed by atoms with van der Waals surface area (Å²) in [6, 6.07) is 77.2. The smallest absolute Gasteiger partial charge is 0.143 e. The Bertz CT molecular complexity index is 3580. The number of hydrogen-bond donors (Lipinski definition) is 0. The summed E-state index contributed by atoms with van der Waals surface area (Å²) in [6.07, 6.45) is 0. The van der Waals surface area contributed by atoms with Gasteiger partial charge in [0.15, 0.2) is 0 Å². The molecule has 0 saturated carbocycles.